The molecule has 0 unspecified atom stereocenters. The van der Waals surface area contributed by atoms with Crippen molar-refractivity contribution < 1.29 is 28.7 Å². The minimum atomic E-state index is -0.729. The summed E-state index contributed by atoms with van der Waals surface area (Å²) in [6.07, 6.45) is 3.35. The average Bonchev–Trinajstić information content (AvgIpc) is 2.89. The summed E-state index contributed by atoms with van der Waals surface area (Å²) >= 11 is 0. The van der Waals surface area contributed by atoms with Crippen molar-refractivity contribution in [2.75, 3.05) is 13.1 Å². The molecule has 0 radical (unpaired) electrons. The van der Waals surface area contributed by atoms with Crippen LogP contribution in [0.25, 0.3) is 0 Å². The highest BCUT2D eigenvalue weighted by molar-refractivity contribution is 5.86. The monoisotopic (exact) mass is 381 g/mol. The second-order valence-corrected chi connectivity index (χ2v) is 7.95. The first-order valence-corrected chi connectivity index (χ1v) is 8.48. The third-order valence-corrected chi connectivity index (χ3v) is 2.99. The number of nitrogens with zero attached hydrogens (tertiary/aromatic N) is 3. The molecular formula is C18H27N3O6. The summed E-state index contributed by atoms with van der Waals surface area (Å²) < 4.78 is 11.8. The number of imidazole rings is 1. The molecule has 0 bridgehead atoms. The SMILES string of the molecule is CC(C)(C)OC(=O)CN(CC(=O)OC(C)(C)C)C(=O)Cn1ccnc1C=O. The fourth-order valence-corrected chi connectivity index (χ4v) is 2.11. The Bertz CT molecular complexity index is 667. The van der Waals surface area contributed by atoms with Gasteiger partial charge in [0.1, 0.15) is 30.8 Å². The molecule has 0 atom stereocenters. The van der Waals surface area contributed by atoms with Crippen LogP contribution in [0.5, 0.6) is 0 Å². The van der Waals surface area contributed by atoms with E-state index in [2.05, 4.69) is 4.98 Å². The third-order valence-electron chi connectivity index (χ3n) is 2.99. The molecule has 150 valence electrons. The number of esters is 2. The zero-order valence-corrected chi connectivity index (χ0v) is 16.6. The van der Waals surface area contributed by atoms with Crippen LogP contribution in [-0.4, -0.2) is 62.9 Å². The van der Waals surface area contributed by atoms with E-state index in [9.17, 15) is 19.2 Å². The van der Waals surface area contributed by atoms with Crippen LogP contribution in [0.3, 0.4) is 0 Å². The molecule has 0 saturated heterocycles. The summed E-state index contributed by atoms with van der Waals surface area (Å²) in [5.74, 6) is -1.79. The maximum absolute atomic E-state index is 12.6. The minimum Gasteiger partial charge on any atom is -0.459 e. The molecule has 1 amide bonds. The van der Waals surface area contributed by atoms with Crippen molar-refractivity contribution in [3.63, 3.8) is 0 Å². The summed E-state index contributed by atoms with van der Waals surface area (Å²) in [7, 11) is 0. The van der Waals surface area contributed by atoms with Gasteiger partial charge in [-0.2, -0.15) is 0 Å². The number of aldehydes is 1. The standard InChI is InChI=1S/C18H27N3O6/c1-17(2,3)26-15(24)10-21(11-16(25)27-18(4,5)6)14(23)9-20-8-7-19-13(20)12-22/h7-8,12H,9-11H2,1-6H3. The predicted molar refractivity (Wildman–Crippen MR) is 95.9 cm³/mol. The molecule has 0 aliphatic rings. The molecule has 0 saturated carbocycles. The van der Waals surface area contributed by atoms with E-state index in [1.807, 2.05) is 0 Å². The predicted octanol–water partition coefficient (Wildman–Crippen LogP) is 1.21. The van der Waals surface area contributed by atoms with E-state index in [1.165, 1.54) is 17.0 Å². The van der Waals surface area contributed by atoms with E-state index >= 15 is 0 Å². The molecule has 0 aromatic carbocycles. The van der Waals surface area contributed by atoms with Gasteiger partial charge in [-0.1, -0.05) is 0 Å². The van der Waals surface area contributed by atoms with Crippen molar-refractivity contribution >= 4 is 24.1 Å². The highest BCUT2D eigenvalue weighted by atomic mass is 16.6. The molecule has 27 heavy (non-hydrogen) atoms. The van der Waals surface area contributed by atoms with E-state index < -0.39 is 42.1 Å². The van der Waals surface area contributed by atoms with Gasteiger partial charge in [-0.05, 0) is 41.5 Å². The lowest BCUT2D eigenvalue weighted by molar-refractivity contribution is -0.164. The van der Waals surface area contributed by atoms with Crippen molar-refractivity contribution in [2.45, 2.75) is 59.3 Å². The zero-order valence-electron chi connectivity index (χ0n) is 16.6. The van der Waals surface area contributed by atoms with Crippen LogP contribution in [0, 0.1) is 0 Å². The van der Waals surface area contributed by atoms with Crippen LogP contribution in [0.4, 0.5) is 0 Å². The van der Waals surface area contributed by atoms with Crippen LogP contribution in [0.2, 0.25) is 0 Å². The van der Waals surface area contributed by atoms with Gasteiger partial charge in [0.25, 0.3) is 0 Å². The highest BCUT2D eigenvalue weighted by Gasteiger charge is 2.26. The minimum absolute atomic E-state index is 0.0674. The summed E-state index contributed by atoms with van der Waals surface area (Å²) in [6, 6.07) is 0. The first kappa shape index (κ1) is 22.3. The molecule has 0 spiro atoms. The maximum atomic E-state index is 12.6. The van der Waals surface area contributed by atoms with Crippen LogP contribution in [0.15, 0.2) is 12.4 Å². The maximum Gasteiger partial charge on any atom is 0.326 e. The molecule has 9 heteroatoms. The number of carbonyl (C=O) groups is 4. The van der Waals surface area contributed by atoms with Crippen LogP contribution >= 0.6 is 0 Å². The fraction of sp³-hybridized carbons (Fsp3) is 0.611. The number of amides is 1. The quantitative estimate of drug-likeness (QED) is 0.516. The molecule has 0 aliphatic carbocycles. The third kappa shape index (κ3) is 8.48. The lowest BCUT2D eigenvalue weighted by Crippen LogP contribution is -2.44. The molecule has 1 aromatic heterocycles. The Morgan fingerprint density at radius 3 is 1.93 bits per heavy atom. The number of ether oxygens (including phenoxy) is 2. The molecule has 0 fully saturated rings. The van der Waals surface area contributed by atoms with Gasteiger partial charge >= 0.3 is 11.9 Å². The average molecular weight is 381 g/mol. The van der Waals surface area contributed by atoms with Crippen LogP contribution < -0.4 is 0 Å². The fourth-order valence-electron chi connectivity index (χ4n) is 2.11. The Morgan fingerprint density at radius 1 is 1.04 bits per heavy atom. The zero-order chi connectivity index (χ0) is 20.8. The first-order chi connectivity index (χ1) is 12.3. The number of hydrogen-bond donors (Lipinski definition) is 0. The molecule has 9 nitrogen and oxygen atoms in total. The molecule has 1 heterocycles. The molecule has 0 N–H and O–H groups in total. The highest BCUT2D eigenvalue weighted by Crippen LogP contribution is 2.10. The Balaban J connectivity index is 2.91. The van der Waals surface area contributed by atoms with E-state index in [4.69, 9.17) is 9.47 Å². The smallest absolute Gasteiger partial charge is 0.326 e. The molecular weight excluding hydrogens is 354 g/mol. The number of rotatable bonds is 7. The van der Waals surface area contributed by atoms with Crippen LogP contribution in [-0.2, 0) is 30.4 Å². The van der Waals surface area contributed by atoms with Gasteiger partial charge in [0, 0.05) is 12.4 Å². The van der Waals surface area contributed by atoms with Gasteiger partial charge in [-0.3, -0.25) is 19.2 Å². The van der Waals surface area contributed by atoms with Gasteiger partial charge in [0.15, 0.2) is 12.1 Å². The summed E-state index contributed by atoms with van der Waals surface area (Å²) in [5, 5.41) is 0. The Kier molecular flexibility index (Phi) is 7.27. The normalized spacial score (nSPS) is 11.6. The largest absolute Gasteiger partial charge is 0.459 e. The van der Waals surface area contributed by atoms with Gasteiger partial charge in [0.2, 0.25) is 5.91 Å². The number of aromatic nitrogens is 2. The van der Waals surface area contributed by atoms with E-state index in [-0.39, 0.29) is 12.4 Å². The Labute approximate surface area is 158 Å². The first-order valence-electron chi connectivity index (χ1n) is 8.48. The van der Waals surface area contributed by atoms with Crippen molar-refractivity contribution in [1.82, 2.24) is 14.5 Å². The molecule has 1 aromatic rings. The summed E-state index contributed by atoms with van der Waals surface area (Å²) in [6.45, 7) is 9.12. The van der Waals surface area contributed by atoms with E-state index in [0.29, 0.717) is 6.29 Å². The van der Waals surface area contributed by atoms with Gasteiger partial charge in [0.05, 0.1) is 0 Å². The topological polar surface area (TPSA) is 108 Å². The van der Waals surface area contributed by atoms with Crippen LogP contribution in [0.1, 0.15) is 52.2 Å². The Hall–Kier alpha value is -2.71. The van der Waals surface area contributed by atoms with Crippen molar-refractivity contribution in [3.8, 4) is 0 Å². The van der Waals surface area contributed by atoms with Gasteiger partial charge < -0.3 is 18.9 Å². The van der Waals surface area contributed by atoms with E-state index in [0.717, 1.165) is 4.90 Å². The molecule has 1 rings (SSSR count). The van der Waals surface area contributed by atoms with Crippen molar-refractivity contribution in [2.24, 2.45) is 0 Å². The lowest BCUT2D eigenvalue weighted by atomic mass is 10.2. The lowest BCUT2D eigenvalue weighted by Gasteiger charge is -2.26. The second kappa shape index (κ2) is 8.79. The van der Waals surface area contributed by atoms with Gasteiger partial charge in [-0.15, -0.1) is 0 Å². The molecule has 0 aliphatic heterocycles. The van der Waals surface area contributed by atoms with Gasteiger partial charge in [-0.25, -0.2) is 4.98 Å². The van der Waals surface area contributed by atoms with Crippen molar-refractivity contribution in [3.05, 3.63) is 18.2 Å². The number of carbonyl (C=O) groups excluding carboxylic acids is 4. The summed E-state index contributed by atoms with van der Waals surface area (Å²) in [5.41, 5.74) is -1.46. The van der Waals surface area contributed by atoms with E-state index in [1.54, 1.807) is 41.5 Å². The second-order valence-electron chi connectivity index (χ2n) is 7.95. The Morgan fingerprint density at radius 2 is 1.52 bits per heavy atom. The summed E-state index contributed by atoms with van der Waals surface area (Å²) in [4.78, 5) is 52.7. The number of hydrogen-bond acceptors (Lipinski definition) is 7. The van der Waals surface area contributed by atoms with Crippen molar-refractivity contribution in [1.29, 1.82) is 0 Å².